The van der Waals surface area contributed by atoms with Crippen LogP contribution in [0, 0.1) is 0 Å². The molecule has 0 bridgehead atoms. The number of carbonyl (C=O) groups is 1. The fourth-order valence-electron chi connectivity index (χ4n) is 0.670. The van der Waals surface area contributed by atoms with Crippen molar-refractivity contribution in [2.24, 2.45) is 0 Å². The van der Waals surface area contributed by atoms with Crippen molar-refractivity contribution in [3.05, 3.63) is 41.8 Å². The molecule has 0 fully saturated rings. The van der Waals surface area contributed by atoms with Gasteiger partial charge in [0.25, 0.3) is 0 Å². The molecule has 3 heteroatoms. The van der Waals surface area contributed by atoms with Gasteiger partial charge in [0, 0.05) is 11.0 Å². The van der Waals surface area contributed by atoms with Gasteiger partial charge in [-0.2, -0.15) is 0 Å². The van der Waals surface area contributed by atoms with Gasteiger partial charge in [0.05, 0.1) is 0 Å². The smallest absolute Gasteiger partial charge is 0.328 e. The van der Waals surface area contributed by atoms with Crippen LogP contribution in [-0.2, 0) is 4.79 Å². The molecule has 0 amide bonds. The van der Waals surface area contributed by atoms with Gasteiger partial charge in [0.15, 0.2) is 0 Å². The van der Waals surface area contributed by atoms with Crippen LogP contribution >= 0.6 is 11.8 Å². The summed E-state index contributed by atoms with van der Waals surface area (Å²) in [5.41, 5.74) is 0. The molecule has 1 aromatic rings. The van der Waals surface area contributed by atoms with E-state index in [2.05, 4.69) is 0 Å². The maximum Gasteiger partial charge on any atom is 0.328 e. The minimum atomic E-state index is -0.918. The van der Waals surface area contributed by atoms with Crippen LogP contribution in [0.1, 0.15) is 0 Å². The van der Waals surface area contributed by atoms with Gasteiger partial charge in [-0.15, -0.1) is 0 Å². The van der Waals surface area contributed by atoms with Crippen LogP contribution in [0.3, 0.4) is 0 Å². The van der Waals surface area contributed by atoms with Crippen molar-refractivity contribution in [1.82, 2.24) is 0 Å². The molecule has 12 heavy (non-hydrogen) atoms. The van der Waals surface area contributed by atoms with E-state index in [4.69, 9.17) is 5.11 Å². The van der Waals surface area contributed by atoms with Crippen LogP contribution in [0.5, 0.6) is 0 Å². The molecule has 0 saturated heterocycles. The van der Waals surface area contributed by atoms with Crippen LogP contribution in [0.2, 0.25) is 0 Å². The Kier molecular flexibility index (Phi) is 3.41. The van der Waals surface area contributed by atoms with Gasteiger partial charge in [-0.1, -0.05) is 30.0 Å². The molecule has 62 valence electrons. The zero-order chi connectivity index (χ0) is 8.81. The summed E-state index contributed by atoms with van der Waals surface area (Å²) in [4.78, 5) is 11.1. The molecule has 0 aliphatic carbocycles. The largest absolute Gasteiger partial charge is 0.478 e. The Balaban J connectivity index is 2.49. The highest BCUT2D eigenvalue weighted by molar-refractivity contribution is 8.02. The van der Waals surface area contributed by atoms with E-state index in [1.165, 1.54) is 11.8 Å². The molecular formula is C9H8O2S. The Bertz CT molecular complexity index is 280. The Hall–Kier alpha value is -1.22. The number of aliphatic carboxylic acids is 1. The number of carboxylic acid groups (broad SMARTS) is 1. The standard InChI is InChI=1S/C9H8O2S/c10-9(11)6-7-12-8-4-2-1-3-5-8/h1-7H,(H,10,11)/b7-6-. The monoisotopic (exact) mass is 180 g/mol. The summed E-state index contributed by atoms with van der Waals surface area (Å²) in [6.07, 6.45) is 1.12. The first-order chi connectivity index (χ1) is 5.79. The summed E-state index contributed by atoms with van der Waals surface area (Å²) < 4.78 is 0. The minimum absolute atomic E-state index is 0.918. The third kappa shape index (κ3) is 3.25. The van der Waals surface area contributed by atoms with E-state index in [-0.39, 0.29) is 0 Å². The SMILES string of the molecule is O=C(O)/C=C\Sc1ccccc1. The lowest BCUT2D eigenvalue weighted by Gasteiger charge is -1.91. The minimum Gasteiger partial charge on any atom is -0.478 e. The Morgan fingerprint density at radius 3 is 2.58 bits per heavy atom. The summed E-state index contributed by atoms with van der Waals surface area (Å²) in [6, 6.07) is 9.60. The molecule has 2 nitrogen and oxygen atoms in total. The fourth-order valence-corrected chi connectivity index (χ4v) is 1.33. The van der Waals surface area contributed by atoms with Crippen molar-refractivity contribution in [2.45, 2.75) is 4.90 Å². The second-order valence-electron chi connectivity index (χ2n) is 2.07. The predicted molar refractivity (Wildman–Crippen MR) is 49.1 cm³/mol. The van der Waals surface area contributed by atoms with Crippen molar-refractivity contribution in [3.63, 3.8) is 0 Å². The summed E-state index contributed by atoms with van der Waals surface area (Å²) in [5, 5.41) is 9.84. The van der Waals surface area contributed by atoms with E-state index in [9.17, 15) is 4.79 Å². The zero-order valence-electron chi connectivity index (χ0n) is 6.31. The van der Waals surface area contributed by atoms with Crippen LogP contribution in [0.25, 0.3) is 0 Å². The fraction of sp³-hybridized carbons (Fsp3) is 0. The molecule has 0 saturated carbocycles. The van der Waals surface area contributed by atoms with Gasteiger partial charge in [-0.3, -0.25) is 0 Å². The maximum absolute atomic E-state index is 10.1. The van der Waals surface area contributed by atoms with Gasteiger partial charge in [-0.05, 0) is 17.5 Å². The molecule has 0 aliphatic rings. The van der Waals surface area contributed by atoms with Crippen molar-refractivity contribution < 1.29 is 9.90 Å². The van der Waals surface area contributed by atoms with E-state index in [1.54, 1.807) is 5.41 Å². The van der Waals surface area contributed by atoms with Crippen molar-refractivity contribution in [1.29, 1.82) is 0 Å². The molecule has 1 N–H and O–H groups in total. The third-order valence-electron chi connectivity index (χ3n) is 1.16. The number of rotatable bonds is 3. The molecule has 1 aromatic carbocycles. The quantitative estimate of drug-likeness (QED) is 0.573. The first kappa shape index (κ1) is 8.87. The second-order valence-corrected chi connectivity index (χ2v) is 3.05. The average molecular weight is 180 g/mol. The van der Waals surface area contributed by atoms with Crippen molar-refractivity contribution in [3.8, 4) is 0 Å². The first-order valence-electron chi connectivity index (χ1n) is 3.40. The molecule has 0 aromatic heterocycles. The topological polar surface area (TPSA) is 37.3 Å². The maximum atomic E-state index is 10.1. The van der Waals surface area contributed by atoms with Crippen molar-refractivity contribution in [2.75, 3.05) is 0 Å². The van der Waals surface area contributed by atoms with Crippen LogP contribution < -0.4 is 0 Å². The Labute approximate surface area is 74.9 Å². The Morgan fingerprint density at radius 2 is 2.00 bits per heavy atom. The van der Waals surface area contributed by atoms with E-state index < -0.39 is 5.97 Å². The molecular weight excluding hydrogens is 172 g/mol. The van der Waals surface area contributed by atoms with Crippen LogP contribution in [0.15, 0.2) is 46.7 Å². The Morgan fingerprint density at radius 1 is 1.33 bits per heavy atom. The number of benzene rings is 1. The summed E-state index contributed by atoms with van der Waals surface area (Å²) in [7, 11) is 0. The number of hydrogen-bond donors (Lipinski definition) is 1. The third-order valence-corrected chi connectivity index (χ3v) is 1.97. The number of hydrogen-bond acceptors (Lipinski definition) is 2. The predicted octanol–water partition coefficient (Wildman–Crippen LogP) is 2.38. The summed E-state index contributed by atoms with van der Waals surface area (Å²) in [5.74, 6) is -0.918. The molecule has 0 spiro atoms. The van der Waals surface area contributed by atoms with Gasteiger partial charge in [0.1, 0.15) is 0 Å². The molecule has 1 rings (SSSR count). The van der Waals surface area contributed by atoms with E-state index in [0.29, 0.717) is 0 Å². The molecule has 0 heterocycles. The van der Waals surface area contributed by atoms with Crippen LogP contribution in [-0.4, -0.2) is 11.1 Å². The first-order valence-corrected chi connectivity index (χ1v) is 4.28. The molecule has 0 atom stereocenters. The molecule has 0 unspecified atom stereocenters. The molecule has 0 radical (unpaired) electrons. The normalized spacial score (nSPS) is 10.3. The number of carboxylic acids is 1. The second kappa shape index (κ2) is 4.62. The highest BCUT2D eigenvalue weighted by Crippen LogP contribution is 2.17. The van der Waals surface area contributed by atoms with E-state index in [0.717, 1.165) is 11.0 Å². The highest BCUT2D eigenvalue weighted by atomic mass is 32.2. The summed E-state index contributed by atoms with van der Waals surface area (Å²) in [6.45, 7) is 0. The van der Waals surface area contributed by atoms with Gasteiger partial charge in [-0.25, -0.2) is 4.79 Å². The average Bonchev–Trinajstić information content (AvgIpc) is 2.05. The van der Waals surface area contributed by atoms with E-state index >= 15 is 0 Å². The van der Waals surface area contributed by atoms with Gasteiger partial charge < -0.3 is 5.11 Å². The van der Waals surface area contributed by atoms with Crippen molar-refractivity contribution >= 4 is 17.7 Å². The van der Waals surface area contributed by atoms with Gasteiger partial charge >= 0.3 is 5.97 Å². The lowest BCUT2D eigenvalue weighted by Crippen LogP contribution is -1.84. The molecule has 0 aliphatic heterocycles. The summed E-state index contributed by atoms with van der Waals surface area (Å²) >= 11 is 1.39. The zero-order valence-corrected chi connectivity index (χ0v) is 7.12. The highest BCUT2D eigenvalue weighted by Gasteiger charge is 1.88. The number of thioether (sulfide) groups is 1. The lowest BCUT2D eigenvalue weighted by molar-refractivity contribution is -0.131. The van der Waals surface area contributed by atoms with Crippen LogP contribution in [0.4, 0.5) is 0 Å². The van der Waals surface area contributed by atoms with E-state index in [1.807, 2.05) is 30.3 Å². The van der Waals surface area contributed by atoms with Gasteiger partial charge in [0.2, 0.25) is 0 Å². The lowest BCUT2D eigenvalue weighted by atomic mass is 10.4.